The molecule has 1 aromatic carbocycles. The summed E-state index contributed by atoms with van der Waals surface area (Å²) in [5, 5.41) is 5.74. The topological polar surface area (TPSA) is 106 Å². The van der Waals surface area contributed by atoms with E-state index >= 15 is 0 Å². The third-order valence-electron chi connectivity index (χ3n) is 3.76. The number of carbonyl (C=O) groups excluding carboxylic acids is 2. The van der Waals surface area contributed by atoms with Crippen molar-refractivity contribution < 1.29 is 18.7 Å². The number of furan rings is 1. The van der Waals surface area contributed by atoms with E-state index in [9.17, 15) is 9.59 Å². The van der Waals surface area contributed by atoms with Crippen molar-refractivity contribution in [3.05, 3.63) is 71.4 Å². The molecule has 0 aliphatic carbocycles. The summed E-state index contributed by atoms with van der Waals surface area (Å²) < 4.78 is 10.3. The van der Waals surface area contributed by atoms with Crippen molar-refractivity contribution in [3.63, 3.8) is 0 Å². The van der Waals surface area contributed by atoms with Gasteiger partial charge in [0.05, 0.1) is 30.7 Å². The fraction of sp³-hybridized carbons (Fsp3) is 0.200. The lowest BCUT2D eigenvalue weighted by molar-refractivity contribution is 0.0527. The molecule has 0 saturated heterocycles. The molecule has 2 N–H and O–H groups in total. The highest BCUT2D eigenvalue weighted by molar-refractivity contribution is 6.07. The van der Waals surface area contributed by atoms with Crippen molar-refractivity contribution in [2.24, 2.45) is 0 Å². The zero-order valence-electron chi connectivity index (χ0n) is 15.6. The highest BCUT2D eigenvalue weighted by Crippen LogP contribution is 2.18. The second-order valence-corrected chi connectivity index (χ2v) is 5.87. The van der Waals surface area contributed by atoms with Crippen LogP contribution in [0.15, 0.2) is 53.1 Å². The summed E-state index contributed by atoms with van der Waals surface area (Å²) in [5.74, 6) is 0.0704. The van der Waals surface area contributed by atoms with Gasteiger partial charge in [-0.15, -0.1) is 0 Å². The maximum atomic E-state index is 12.7. The summed E-state index contributed by atoms with van der Waals surface area (Å²) >= 11 is 0. The van der Waals surface area contributed by atoms with E-state index in [1.54, 1.807) is 56.5 Å². The Balaban J connectivity index is 1.77. The van der Waals surface area contributed by atoms with Gasteiger partial charge in [0.25, 0.3) is 5.91 Å². The number of aryl methyl sites for hydroxylation is 1. The van der Waals surface area contributed by atoms with Gasteiger partial charge in [0.2, 0.25) is 5.95 Å². The maximum Gasteiger partial charge on any atom is 0.340 e. The minimum Gasteiger partial charge on any atom is -0.467 e. The van der Waals surface area contributed by atoms with Crippen molar-refractivity contribution in [1.29, 1.82) is 0 Å². The minimum atomic E-state index is -0.502. The first kappa shape index (κ1) is 19.1. The molecule has 0 atom stereocenters. The summed E-state index contributed by atoms with van der Waals surface area (Å²) in [5.41, 5.74) is 1.43. The number of para-hydroxylation sites is 1. The average molecular weight is 380 g/mol. The molecule has 2 aromatic heterocycles. The molecule has 0 radical (unpaired) electrons. The fourth-order valence-electron chi connectivity index (χ4n) is 2.51. The number of esters is 1. The molecule has 8 nitrogen and oxygen atoms in total. The molecule has 1 amide bonds. The summed E-state index contributed by atoms with van der Waals surface area (Å²) in [6.07, 6.45) is 1.58. The number of benzene rings is 1. The molecule has 0 aliphatic heterocycles. The third-order valence-corrected chi connectivity index (χ3v) is 3.76. The third kappa shape index (κ3) is 4.73. The number of amides is 1. The summed E-state index contributed by atoms with van der Waals surface area (Å²) in [7, 11) is 0. The van der Waals surface area contributed by atoms with Crippen molar-refractivity contribution in [3.8, 4) is 0 Å². The van der Waals surface area contributed by atoms with Crippen molar-refractivity contribution >= 4 is 23.5 Å². The van der Waals surface area contributed by atoms with E-state index in [-0.39, 0.29) is 17.9 Å². The molecule has 0 saturated carbocycles. The van der Waals surface area contributed by atoms with Gasteiger partial charge in [0.1, 0.15) is 11.5 Å². The molecule has 3 aromatic rings. The quantitative estimate of drug-likeness (QED) is 0.605. The van der Waals surface area contributed by atoms with Gasteiger partial charge in [-0.3, -0.25) is 4.79 Å². The van der Waals surface area contributed by atoms with E-state index in [4.69, 9.17) is 9.15 Å². The van der Waals surface area contributed by atoms with E-state index in [2.05, 4.69) is 20.6 Å². The largest absolute Gasteiger partial charge is 0.467 e. The first-order valence-electron chi connectivity index (χ1n) is 8.76. The van der Waals surface area contributed by atoms with Crippen LogP contribution in [-0.2, 0) is 11.3 Å². The van der Waals surface area contributed by atoms with Crippen LogP contribution in [0.4, 0.5) is 11.6 Å². The predicted octanol–water partition coefficient (Wildman–Crippen LogP) is 3.42. The van der Waals surface area contributed by atoms with Crippen LogP contribution in [0.25, 0.3) is 0 Å². The Bertz CT molecular complexity index is 970. The SMILES string of the molecule is CCOC(=O)c1ccccc1NC(=O)c1cc(C)nc(NCc2ccco2)n1. The monoisotopic (exact) mass is 380 g/mol. The van der Waals surface area contributed by atoms with Gasteiger partial charge in [-0.2, -0.15) is 0 Å². The highest BCUT2D eigenvalue weighted by atomic mass is 16.5. The zero-order valence-corrected chi connectivity index (χ0v) is 15.6. The Morgan fingerprint density at radius 2 is 1.96 bits per heavy atom. The van der Waals surface area contributed by atoms with Gasteiger partial charge in [0.15, 0.2) is 0 Å². The predicted molar refractivity (Wildman–Crippen MR) is 103 cm³/mol. The number of hydrogen-bond donors (Lipinski definition) is 2. The average Bonchev–Trinajstić information content (AvgIpc) is 3.20. The molecule has 0 aliphatic rings. The maximum absolute atomic E-state index is 12.7. The summed E-state index contributed by atoms with van der Waals surface area (Å²) in [6.45, 7) is 4.13. The molecular formula is C20H20N4O4. The van der Waals surface area contributed by atoms with E-state index in [0.717, 1.165) is 5.76 Å². The molecular weight excluding hydrogens is 360 g/mol. The fourth-order valence-corrected chi connectivity index (χ4v) is 2.51. The lowest BCUT2D eigenvalue weighted by Crippen LogP contribution is -2.18. The smallest absolute Gasteiger partial charge is 0.340 e. The van der Waals surface area contributed by atoms with E-state index < -0.39 is 11.9 Å². The van der Waals surface area contributed by atoms with Crippen LogP contribution in [0, 0.1) is 6.92 Å². The van der Waals surface area contributed by atoms with Gasteiger partial charge in [-0.05, 0) is 44.2 Å². The molecule has 0 unspecified atom stereocenters. The number of rotatable bonds is 7. The number of carbonyl (C=O) groups is 2. The van der Waals surface area contributed by atoms with Gasteiger partial charge in [-0.25, -0.2) is 14.8 Å². The van der Waals surface area contributed by atoms with Crippen LogP contribution in [-0.4, -0.2) is 28.5 Å². The number of nitrogens with zero attached hydrogens (tertiary/aromatic N) is 2. The molecule has 8 heteroatoms. The van der Waals surface area contributed by atoms with Crippen LogP contribution in [0.2, 0.25) is 0 Å². The summed E-state index contributed by atoms with van der Waals surface area (Å²) in [4.78, 5) is 33.3. The number of nitrogens with one attached hydrogen (secondary N) is 2. The Hall–Kier alpha value is -3.68. The van der Waals surface area contributed by atoms with E-state index in [0.29, 0.717) is 23.9 Å². The van der Waals surface area contributed by atoms with Crippen LogP contribution in [0.5, 0.6) is 0 Å². The van der Waals surface area contributed by atoms with Crippen LogP contribution in [0.3, 0.4) is 0 Å². The lowest BCUT2D eigenvalue weighted by atomic mass is 10.1. The second-order valence-electron chi connectivity index (χ2n) is 5.87. The molecule has 144 valence electrons. The molecule has 0 bridgehead atoms. The minimum absolute atomic E-state index is 0.174. The molecule has 0 spiro atoms. The number of aromatic nitrogens is 2. The Morgan fingerprint density at radius 1 is 1.14 bits per heavy atom. The lowest BCUT2D eigenvalue weighted by Gasteiger charge is -2.11. The zero-order chi connectivity index (χ0) is 19.9. The normalized spacial score (nSPS) is 10.4. The van der Waals surface area contributed by atoms with Gasteiger partial charge in [0, 0.05) is 5.69 Å². The van der Waals surface area contributed by atoms with Crippen LogP contribution < -0.4 is 10.6 Å². The van der Waals surface area contributed by atoms with Crippen LogP contribution in [0.1, 0.15) is 39.2 Å². The Labute approximate surface area is 162 Å². The Kier molecular flexibility index (Phi) is 6.01. The summed E-state index contributed by atoms with van der Waals surface area (Å²) in [6, 6.07) is 11.8. The number of ether oxygens (including phenoxy) is 1. The number of hydrogen-bond acceptors (Lipinski definition) is 7. The van der Waals surface area contributed by atoms with E-state index in [1.165, 1.54) is 0 Å². The molecule has 0 fully saturated rings. The van der Waals surface area contributed by atoms with Gasteiger partial charge >= 0.3 is 5.97 Å². The van der Waals surface area contributed by atoms with Crippen LogP contribution >= 0.6 is 0 Å². The second kappa shape index (κ2) is 8.81. The standard InChI is InChI=1S/C20H20N4O4/c1-3-27-19(26)15-8-4-5-9-16(15)23-18(25)17-11-13(2)22-20(24-17)21-12-14-7-6-10-28-14/h4-11H,3,12H2,1-2H3,(H,23,25)(H,21,22,24). The first-order chi connectivity index (χ1) is 13.6. The Morgan fingerprint density at radius 3 is 2.71 bits per heavy atom. The van der Waals surface area contributed by atoms with Crippen molar-refractivity contribution in [2.75, 3.05) is 17.2 Å². The van der Waals surface area contributed by atoms with Gasteiger partial charge < -0.3 is 19.8 Å². The van der Waals surface area contributed by atoms with E-state index in [1.807, 2.05) is 6.07 Å². The number of anilines is 2. The molecule has 28 heavy (non-hydrogen) atoms. The van der Waals surface area contributed by atoms with Crippen molar-refractivity contribution in [2.45, 2.75) is 20.4 Å². The first-order valence-corrected chi connectivity index (χ1v) is 8.76. The molecule has 3 rings (SSSR count). The molecule has 2 heterocycles. The highest BCUT2D eigenvalue weighted by Gasteiger charge is 2.16. The van der Waals surface area contributed by atoms with Gasteiger partial charge in [-0.1, -0.05) is 12.1 Å². The van der Waals surface area contributed by atoms with Crippen molar-refractivity contribution in [1.82, 2.24) is 9.97 Å².